The first-order valence-corrected chi connectivity index (χ1v) is 11.6. The van der Waals surface area contributed by atoms with Crippen LogP contribution in [0, 0.1) is 13.8 Å². The maximum absolute atomic E-state index is 12.3. The summed E-state index contributed by atoms with van der Waals surface area (Å²) >= 11 is 11.5. The lowest BCUT2D eigenvalue weighted by atomic mass is 10.1. The van der Waals surface area contributed by atoms with Crippen molar-refractivity contribution in [3.63, 3.8) is 0 Å². The van der Waals surface area contributed by atoms with Crippen LogP contribution in [-0.2, 0) is 0 Å². The van der Waals surface area contributed by atoms with Crippen molar-refractivity contribution < 1.29 is 17.9 Å². The van der Waals surface area contributed by atoms with Crippen molar-refractivity contribution in [2.45, 2.75) is 20.2 Å². The quantitative estimate of drug-likeness (QED) is 0.166. The molecule has 4 aromatic rings. The van der Waals surface area contributed by atoms with Gasteiger partial charge >= 0.3 is 6.36 Å². The van der Waals surface area contributed by atoms with Gasteiger partial charge in [0, 0.05) is 16.3 Å². The zero-order valence-electron chi connectivity index (χ0n) is 19.5. The lowest BCUT2D eigenvalue weighted by molar-refractivity contribution is -0.274. The number of thiocarbonyl (C=S) groups is 1. The largest absolute Gasteiger partial charge is 0.573 e. The van der Waals surface area contributed by atoms with E-state index >= 15 is 0 Å². The van der Waals surface area contributed by atoms with Gasteiger partial charge in [-0.15, -0.1) is 18.3 Å². The third-order valence-electron chi connectivity index (χ3n) is 5.22. The average Bonchev–Trinajstić information content (AvgIpc) is 3.34. The van der Waals surface area contributed by atoms with Gasteiger partial charge in [0.2, 0.25) is 0 Å². The number of aromatic nitrogens is 3. The Morgan fingerprint density at radius 2 is 1.76 bits per heavy atom. The highest BCUT2D eigenvalue weighted by Crippen LogP contribution is 2.27. The van der Waals surface area contributed by atoms with Crippen LogP contribution in [0.1, 0.15) is 16.7 Å². The van der Waals surface area contributed by atoms with Gasteiger partial charge in [0.15, 0.2) is 10.9 Å². The first-order valence-electron chi connectivity index (χ1n) is 10.8. The number of ether oxygens (including phenoxy) is 1. The van der Waals surface area contributed by atoms with Crippen LogP contribution in [0.15, 0.2) is 72.1 Å². The molecule has 37 heavy (non-hydrogen) atoms. The molecule has 0 atom stereocenters. The number of hydrogen-bond donors (Lipinski definition) is 2. The van der Waals surface area contributed by atoms with Crippen molar-refractivity contribution in [2.75, 3.05) is 5.32 Å². The summed E-state index contributed by atoms with van der Waals surface area (Å²) in [5.41, 5.74) is 7.63. The Bertz CT molecular complexity index is 1440. The van der Waals surface area contributed by atoms with E-state index in [2.05, 4.69) is 30.7 Å². The van der Waals surface area contributed by atoms with Crippen LogP contribution >= 0.6 is 23.8 Å². The maximum Gasteiger partial charge on any atom is 0.573 e. The summed E-state index contributed by atoms with van der Waals surface area (Å²) in [5.74, 6) is 0.143. The highest BCUT2D eigenvalue weighted by molar-refractivity contribution is 7.80. The molecule has 0 aliphatic rings. The Morgan fingerprint density at radius 3 is 2.43 bits per heavy atom. The van der Waals surface area contributed by atoms with Crippen molar-refractivity contribution in [3.05, 3.63) is 88.7 Å². The number of anilines is 1. The van der Waals surface area contributed by atoms with Gasteiger partial charge in [-0.05, 0) is 73.1 Å². The molecule has 7 nitrogen and oxygen atoms in total. The number of benzene rings is 3. The molecule has 0 aliphatic carbocycles. The minimum Gasteiger partial charge on any atom is -0.406 e. The lowest BCUT2D eigenvalue weighted by Gasteiger charge is -2.13. The predicted octanol–water partition coefficient (Wildman–Crippen LogP) is 6.42. The molecule has 1 heterocycles. The number of hydrazone groups is 1. The first kappa shape index (κ1) is 26.1. The highest BCUT2D eigenvalue weighted by atomic mass is 35.5. The van der Waals surface area contributed by atoms with E-state index in [9.17, 15) is 13.2 Å². The molecule has 190 valence electrons. The van der Waals surface area contributed by atoms with Gasteiger partial charge in [-0.2, -0.15) is 5.10 Å². The average molecular weight is 545 g/mol. The minimum absolute atomic E-state index is 0.311. The number of rotatable bonds is 6. The summed E-state index contributed by atoms with van der Waals surface area (Å²) in [6, 6.07) is 16.4. The number of alkyl halides is 3. The topological polar surface area (TPSA) is 76.4 Å². The Morgan fingerprint density at radius 1 is 1.05 bits per heavy atom. The fourth-order valence-corrected chi connectivity index (χ4v) is 3.67. The molecule has 12 heteroatoms. The molecule has 0 unspecified atom stereocenters. The number of nitrogens with zero attached hydrogens (tertiary/aromatic N) is 4. The lowest BCUT2D eigenvalue weighted by Crippen LogP contribution is -2.24. The first-order chi connectivity index (χ1) is 17.6. The normalized spacial score (nSPS) is 11.5. The second-order valence-electron chi connectivity index (χ2n) is 7.86. The second-order valence-corrected chi connectivity index (χ2v) is 8.68. The molecular weight excluding hydrogens is 525 g/mol. The third kappa shape index (κ3) is 6.83. The molecule has 4 rings (SSSR count). The van der Waals surface area contributed by atoms with Crippen LogP contribution in [0.25, 0.3) is 17.1 Å². The Hall–Kier alpha value is -3.96. The van der Waals surface area contributed by atoms with Crippen LogP contribution in [-0.4, -0.2) is 32.5 Å². The van der Waals surface area contributed by atoms with E-state index in [0.29, 0.717) is 21.6 Å². The molecule has 0 saturated carbocycles. The van der Waals surface area contributed by atoms with E-state index in [0.717, 1.165) is 27.9 Å². The number of halogens is 4. The van der Waals surface area contributed by atoms with E-state index in [-0.39, 0.29) is 5.75 Å². The van der Waals surface area contributed by atoms with E-state index in [4.69, 9.17) is 23.8 Å². The van der Waals surface area contributed by atoms with Crippen molar-refractivity contribution in [2.24, 2.45) is 5.10 Å². The molecule has 0 bridgehead atoms. The molecule has 2 N–H and O–H groups in total. The van der Waals surface area contributed by atoms with Crippen molar-refractivity contribution in [1.82, 2.24) is 20.2 Å². The Kier molecular flexibility index (Phi) is 7.74. The molecule has 0 amide bonds. The second kappa shape index (κ2) is 11.0. The summed E-state index contributed by atoms with van der Waals surface area (Å²) < 4.78 is 42.3. The summed E-state index contributed by atoms with van der Waals surface area (Å²) in [6.07, 6.45) is -1.65. The fraction of sp³-hybridized carbons (Fsp3) is 0.120. The summed E-state index contributed by atoms with van der Waals surface area (Å²) in [5, 5.41) is 12.6. The molecule has 3 aromatic carbocycles. The summed E-state index contributed by atoms with van der Waals surface area (Å²) in [6.45, 7) is 3.87. The van der Waals surface area contributed by atoms with E-state index in [1.54, 1.807) is 6.21 Å². The molecular formula is C25H20ClF3N6OS. The van der Waals surface area contributed by atoms with Crippen LogP contribution in [0.5, 0.6) is 5.75 Å². The van der Waals surface area contributed by atoms with Crippen LogP contribution in [0.2, 0.25) is 5.02 Å². The monoisotopic (exact) mass is 544 g/mol. The zero-order valence-corrected chi connectivity index (χ0v) is 21.1. The van der Waals surface area contributed by atoms with Crippen molar-refractivity contribution in [1.29, 1.82) is 0 Å². The number of hydrogen-bond acceptors (Lipinski definition) is 5. The number of aryl methyl sites for hydroxylation is 1. The maximum atomic E-state index is 12.3. The molecule has 0 saturated heterocycles. The smallest absolute Gasteiger partial charge is 0.406 e. The van der Waals surface area contributed by atoms with Gasteiger partial charge in [-0.25, -0.2) is 9.67 Å². The molecule has 0 aliphatic heterocycles. The van der Waals surface area contributed by atoms with Crippen molar-refractivity contribution >= 4 is 40.8 Å². The zero-order chi connectivity index (χ0) is 26.6. The Balaban J connectivity index is 1.36. The van der Waals surface area contributed by atoms with Gasteiger partial charge < -0.3 is 10.1 Å². The van der Waals surface area contributed by atoms with E-state index in [1.165, 1.54) is 35.3 Å². The van der Waals surface area contributed by atoms with E-state index in [1.807, 2.05) is 50.2 Å². The standard InChI is InChI=1S/C25H20ClF3N6OS/c1-15-3-12-21(26)16(2)22(15)32-24(37)33-31-13-17-4-6-18(7-5-17)23-30-14-35(34-23)19-8-10-20(11-9-19)36-25(27,28)29/h3-14H,1-2H3,(H2,32,33,37). The molecule has 0 radical (unpaired) electrons. The molecule has 1 aromatic heterocycles. The van der Waals surface area contributed by atoms with Crippen molar-refractivity contribution in [3.8, 4) is 22.8 Å². The number of nitrogens with one attached hydrogen (secondary N) is 2. The predicted molar refractivity (Wildman–Crippen MR) is 141 cm³/mol. The van der Waals surface area contributed by atoms with E-state index < -0.39 is 6.36 Å². The third-order valence-corrected chi connectivity index (χ3v) is 5.82. The summed E-state index contributed by atoms with van der Waals surface area (Å²) in [7, 11) is 0. The van der Waals surface area contributed by atoms with Crippen LogP contribution < -0.4 is 15.5 Å². The van der Waals surface area contributed by atoms with Gasteiger partial charge in [-0.1, -0.05) is 41.9 Å². The van der Waals surface area contributed by atoms with Gasteiger partial charge in [0.1, 0.15) is 12.1 Å². The highest BCUT2D eigenvalue weighted by Gasteiger charge is 2.31. The SMILES string of the molecule is Cc1ccc(Cl)c(C)c1NC(=S)NN=Cc1ccc(-c2ncn(-c3ccc(OC(F)(F)F)cc3)n2)cc1. The van der Waals surface area contributed by atoms with Gasteiger partial charge in [0.25, 0.3) is 0 Å². The summed E-state index contributed by atoms with van der Waals surface area (Å²) in [4.78, 5) is 4.28. The van der Waals surface area contributed by atoms with Crippen LogP contribution in [0.3, 0.4) is 0 Å². The fourth-order valence-electron chi connectivity index (χ4n) is 3.36. The van der Waals surface area contributed by atoms with Gasteiger partial charge in [-0.3, -0.25) is 5.43 Å². The Labute approximate surface area is 220 Å². The molecule has 0 fully saturated rings. The van der Waals surface area contributed by atoms with Crippen LogP contribution in [0.4, 0.5) is 18.9 Å². The minimum atomic E-state index is -4.74. The van der Waals surface area contributed by atoms with Gasteiger partial charge in [0.05, 0.1) is 11.9 Å². The molecule has 0 spiro atoms.